The molecule has 0 spiro atoms. The molecule has 4 rings (SSSR count). The highest BCUT2D eigenvalue weighted by molar-refractivity contribution is 5.72. The lowest BCUT2D eigenvalue weighted by atomic mass is 10.1. The van der Waals surface area contributed by atoms with Crippen molar-refractivity contribution in [2.45, 2.75) is 84.8 Å². The summed E-state index contributed by atoms with van der Waals surface area (Å²) in [5.41, 5.74) is 3.84. The number of ether oxygens (including phenoxy) is 1. The van der Waals surface area contributed by atoms with Crippen molar-refractivity contribution in [1.29, 1.82) is 0 Å². The second-order valence-electron chi connectivity index (χ2n) is 12.7. The van der Waals surface area contributed by atoms with Crippen LogP contribution in [0.15, 0.2) is 55.1 Å². The molecule has 0 radical (unpaired) electrons. The van der Waals surface area contributed by atoms with Gasteiger partial charge in [0.05, 0.1) is 6.04 Å². The van der Waals surface area contributed by atoms with E-state index in [1.54, 1.807) is 19.3 Å². The summed E-state index contributed by atoms with van der Waals surface area (Å²) in [6.45, 7) is 18.0. The van der Waals surface area contributed by atoms with E-state index in [1.807, 2.05) is 45.9 Å². The average molecular weight is 615 g/mol. The number of nitrogens with zero attached hydrogens (tertiary/aromatic N) is 5. The zero-order valence-corrected chi connectivity index (χ0v) is 27.7. The highest BCUT2D eigenvalue weighted by atomic mass is 16.5. The van der Waals surface area contributed by atoms with E-state index in [2.05, 4.69) is 49.5 Å². The number of aryl methyl sites for hydroxylation is 3. The van der Waals surface area contributed by atoms with Crippen LogP contribution in [0.5, 0.6) is 0 Å². The van der Waals surface area contributed by atoms with E-state index in [0.717, 1.165) is 86.9 Å². The lowest BCUT2D eigenvalue weighted by Crippen LogP contribution is -2.38. The fourth-order valence-electron chi connectivity index (χ4n) is 5.42. The molecule has 0 bridgehead atoms. The zero-order chi connectivity index (χ0) is 32.2. The van der Waals surface area contributed by atoms with Crippen LogP contribution in [0.1, 0.15) is 70.3 Å². The Labute approximate surface area is 268 Å². The molecule has 3 N–H and O–H groups in total. The molecule has 1 aliphatic heterocycles. The molecule has 3 aromatic heterocycles. The number of fused-ring (bicyclic) bond motifs is 1. The van der Waals surface area contributed by atoms with Crippen LogP contribution in [0.2, 0.25) is 0 Å². The Morgan fingerprint density at radius 3 is 2.64 bits per heavy atom. The molecule has 1 atom stereocenters. The lowest BCUT2D eigenvalue weighted by Gasteiger charge is -2.31. The summed E-state index contributed by atoms with van der Waals surface area (Å²) in [4.78, 5) is 32.4. The summed E-state index contributed by atoms with van der Waals surface area (Å²) >= 11 is 0. The molecule has 0 aliphatic carbocycles. The minimum absolute atomic E-state index is 0.0160. The molecule has 1 amide bonds. The number of pyridine rings is 2. The number of carbonyl (C=O) groups is 1. The Morgan fingerprint density at radius 1 is 1.09 bits per heavy atom. The fraction of sp³-hybridized carbons (Fsp3) is 0.514. The number of aromatic nitrogens is 4. The van der Waals surface area contributed by atoms with Gasteiger partial charge in [0.1, 0.15) is 23.0 Å². The maximum Gasteiger partial charge on any atom is 0.216 e. The molecular weight excluding hydrogens is 564 g/mol. The highest BCUT2D eigenvalue weighted by Gasteiger charge is 2.22. The van der Waals surface area contributed by atoms with Gasteiger partial charge in [-0.05, 0) is 96.5 Å². The van der Waals surface area contributed by atoms with E-state index >= 15 is 0 Å². The molecule has 45 heavy (non-hydrogen) atoms. The van der Waals surface area contributed by atoms with Gasteiger partial charge >= 0.3 is 0 Å². The van der Waals surface area contributed by atoms with Crippen LogP contribution >= 0.6 is 0 Å². The molecule has 10 nitrogen and oxygen atoms in total. The van der Waals surface area contributed by atoms with Crippen LogP contribution in [0, 0.1) is 6.92 Å². The Hall–Kier alpha value is -4.05. The summed E-state index contributed by atoms with van der Waals surface area (Å²) < 4.78 is 6.25. The summed E-state index contributed by atoms with van der Waals surface area (Å²) in [5, 5.41) is 9.99. The molecule has 0 aromatic carbocycles. The second-order valence-corrected chi connectivity index (χ2v) is 12.7. The Bertz CT molecular complexity index is 1410. The Kier molecular flexibility index (Phi) is 12.3. The first-order chi connectivity index (χ1) is 21.6. The summed E-state index contributed by atoms with van der Waals surface area (Å²) in [6, 6.07) is 9.97. The smallest absolute Gasteiger partial charge is 0.216 e. The molecule has 3 aromatic rings. The number of carbonyl (C=O) groups excluding carboxylic acids is 1. The lowest BCUT2D eigenvalue weighted by molar-refractivity contribution is -0.119. The summed E-state index contributed by atoms with van der Waals surface area (Å²) in [6.07, 6.45) is 9.53. The standard InChI is InChI=1S/C35H50N8O2/c1-25-24-32(42-34(39-25)29-14-18-36-19-15-29)41-31(26(2)45-35(4,5)6)16-22-43(23-20-37-27(3)44)21-8-7-11-30-13-12-28-10-9-17-38-33(28)40-30/h12-15,18-19,24,31H,2,7-11,16-17,20-23H2,1,3-6H3,(H,37,44)(H,38,40)(H,39,41,42). The van der Waals surface area contributed by atoms with E-state index < -0.39 is 0 Å². The number of hydrogen-bond acceptors (Lipinski definition) is 9. The maximum absolute atomic E-state index is 11.6. The first-order valence-electron chi connectivity index (χ1n) is 16.2. The number of amides is 1. The zero-order valence-electron chi connectivity index (χ0n) is 27.7. The third-order valence-corrected chi connectivity index (χ3v) is 7.59. The predicted molar refractivity (Wildman–Crippen MR) is 181 cm³/mol. The minimum atomic E-state index is -0.383. The number of anilines is 2. The molecular formula is C35H50N8O2. The monoisotopic (exact) mass is 614 g/mol. The second kappa shape index (κ2) is 16.3. The van der Waals surface area contributed by atoms with Gasteiger partial charge < -0.3 is 25.6 Å². The van der Waals surface area contributed by atoms with E-state index in [9.17, 15) is 4.79 Å². The van der Waals surface area contributed by atoms with Gasteiger partial charge in [-0.2, -0.15) is 0 Å². The molecule has 0 fully saturated rings. The molecule has 242 valence electrons. The molecule has 4 heterocycles. The third kappa shape index (κ3) is 11.4. The maximum atomic E-state index is 11.6. The molecule has 1 aliphatic rings. The SMILES string of the molecule is C=C(OC(C)(C)C)C(CCN(CCCCc1ccc2c(n1)NCCC2)CCNC(C)=O)Nc1cc(C)nc(-c2ccncc2)n1. The Morgan fingerprint density at radius 2 is 1.89 bits per heavy atom. The number of hydrogen-bond donors (Lipinski definition) is 3. The number of nitrogens with one attached hydrogen (secondary N) is 3. The molecule has 10 heteroatoms. The quantitative estimate of drug-likeness (QED) is 0.141. The molecule has 1 unspecified atom stereocenters. The largest absolute Gasteiger partial charge is 0.491 e. The van der Waals surface area contributed by atoms with Crippen molar-refractivity contribution >= 4 is 17.5 Å². The van der Waals surface area contributed by atoms with Gasteiger partial charge in [-0.3, -0.25) is 9.78 Å². The van der Waals surface area contributed by atoms with E-state index in [4.69, 9.17) is 14.7 Å². The van der Waals surface area contributed by atoms with Gasteiger partial charge in [-0.25, -0.2) is 15.0 Å². The van der Waals surface area contributed by atoms with Crippen LogP contribution in [0.25, 0.3) is 11.4 Å². The first kappa shape index (κ1) is 33.8. The predicted octanol–water partition coefficient (Wildman–Crippen LogP) is 5.56. The van der Waals surface area contributed by atoms with E-state index in [0.29, 0.717) is 18.1 Å². The summed E-state index contributed by atoms with van der Waals surface area (Å²) in [5.74, 6) is 3.06. The number of rotatable bonds is 16. The number of unbranched alkanes of at least 4 members (excludes halogenated alkanes) is 1. The minimum Gasteiger partial charge on any atom is -0.491 e. The third-order valence-electron chi connectivity index (χ3n) is 7.59. The van der Waals surface area contributed by atoms with Crippen molar-refractivity contribution in [2.75, 3.05) is 43.4 Å². The summed E-state index contributed by atoms with van der Waals surface area (Å²) in [7, 11) is 0. The fourth-order valence-corrected chi connectivity index (χ4v) is 5.42. The van der Waals surface area contributed by atoms with Gasteiger partial charge in [0.15, 0.2) is 5.82 Å². The average Bonchev–Trinajstić information content (AvgIpc) is 3.00. The van der Waals surface area contributed by atoms with Crippen LogP contribution in [0.3, 0.4) is 0 Å². The van der Waals surface area contributed by atoms with Gasteiger partial charge in [-0.1, -0.05) is 12.6 Å². The molecule has 0 saturated heterocycles. The van der Waals surface area contributed by atoms with Crippen molar-refractivity contribution in [1.82, 2.24) is 30.2 Å². The van der Waals surface area contributed by atoms with Crippen LogP contribution in [-0.4, -0.2) is 75.1 Å². The van der Waals surface area contributed by atoms with Crippen molar-refractivity contribution in [2.24, 2.45) is 0 Å². The first-order valence-corrected chi connectivity index (χ1v) is 16.2. The van der Waals surface area contributed by atoms with Crippen molar-refractivity contribution in [3.63, 3.8) is 0 Å². The van der Waals surface area contributed by atoms with Crippen molar-refractivity contribution < 1.29 is 9.53 Å². The van der Waals surface area contributed by atoms with Crippen molar-refractivity contribution in [3.05, 3.63) is 72.0 Å². The van der Waals surface area contributed by atoms with Gasteiger partial charge in [-0.15, -0.1) is 0 Å². The Balaban J connectivity index is 1.41. The van der Waals surface area contributed by atoms with E-state index in [-0.39, 0.29) is 17.6 Å². The normalized spacial score (nSPS) is 13.5. The van der Waals surface area contributed by atoms with Crippen molar-refractivity contribution in [3.8, 4) is 11.4 Å². The van der Waals surface area contributed by atoms with Crippen LogP contribution in [-0.2, 0) is 22.4 Å². The van der Waals surface area contributed by atoms with E-state index in [1.165, 1.54) is 12.0 Å². The van der Waals surface area contributed by atoms with Gasteiger partial charge in [0.2, 0.25) is 5.91 Å². The van der Waals surface area contributed by atoms with Gasteiger partial charge in [0, 0.05) is 68.5 Å². The van der Waals surface area contributed by atoms with Gasteiger partial charge in [0.25, 0.3) is 0 Å². The molecule has 0 saturated carbocycles. The van der Waals surface area contributed by atoms with Crippen LogP contribution < -0.4 is 16.0 Å². The topological polar surface area (TPSA) is 117 Å². The highest BCUT2D eigenvalue weighted by Crippen LogP contribution is 2.23. The van der Waals surface area contributed by atoms with Crippen LogP contribution in [0.4, 0.5) is 11.6 Å².